The van der Waals surface area contributed by atoms with Gasteiger partial charge in [-0.3, -0.25) is 14.4 Å². The molecule has 4 aromatic rings. The zero-order chi connectivity index (χ0) is 24.1. The summed E-state index contributed by atoms with van der Waals surface area (Å²) in [4.78, 5) is 43.0. The van der Waals surface area contributed by atoms with Crippen LogP contribution in [0.4, 0.5) is 0 Å². The fraction of sp³-hybridized carbons (Fsp3) is 0.240. The van der Waals surface area contributed by atoms with Gasteiger partial charge in [-0.2, -0.15) is 0 Å². The molecule has 0 bridgehead atoms. The number of hydrogen-bond acceptors (Lipinski definition) is 4. The van der Waals surface area contributed by atoms with Crippen LogP contribution in [0.3, 0.4) is 0 Å². The van der Waals surface area contributed by atoms with E-state index in [1.54, 1.807) is 6.20 Å². The number of carbonyl (C=O) groups is 3. The van der Waals surface area contributed by atoms with E-state index in [-0.39, 0.29) is 19.4 Å². The number of amides is 2. The Balaban J connectivity index is 1.48. The van der Waals surface area contributed by atoms with E-state index in [9.17, 15) is 14.4 Å². The third-order valence-electron chi connectivity index (χ3n) is 5.82. The molecular formula is C25H27N5O4. The Kier molecular flexibility index (Phi) is 6.93. The summed E-state index contributed by atoms with van der Waals surface area (Å²) in [6.07, 6.45) is 3.96. The molecule has 0 aliphatic carbocycles. The number of nitrogens with one attached hydrogen (secondary N) is 4. The Hall–Kier alpha value is -4.11. The van der Waals surface area contributed by atoms with E-state index in [0.29, 0.717) is 6.42 Å². The number of aliphatic carboxylic acids is 1. The summed E-state index contributed by atoms with van der Waals surface area (Å²) in [6, 6.07) is 13.6. The second-order valence-corrected chi connectivity index (χ2v) is 8.23. The maximum Gasteiger partial charge on any atom is 0.305 e. The van der Waals surface area contributed by atoms with Gasteiger partial charge in [0.1, 0.15) is 6.04 Å². The van der Waals surface area contributed by atoms with Crippen molar-refractivity contribution >= 4 is 39.6 Å². The molecule has 0 saturated heterocycles. The number of fused-ring (bicyclic) bond motifs is 2. The van der Waals surface area contributed by atoms with Crippen molar-refractivity contribution in [1.29, 1.82) is 0 Å². The molecule has 2 aromatic carbocycles. The summed E-state index contributed by atoms with van der Waals surface area (Å²) < 4.78 is 0. The Bertz CT molecular complexity index is 1330. The summed E-state index contributed by atoms with van der Waals surface area (Å²) in [6.45, 7) is -0.0319. The normalized spacial score (nSPS) is 13.0. The fourth-order valence-electron chi connectivity index (χ4n) is 4.05. The first kappa shape index (κ1) is 23.1. The number of benzene rings is 2. The maximum atomic E-state index is 13.0. The van der Waals surface area contributed by atoms with Crippen LogP contribution < -0.4 is 16.4 Å². The summed E-state index contributed by atoms with van der Waals surface area (Å²) >= 11 is 0. The van der Waals surface area contributed by atoms with Crippen LogP contribution in [0.15, 0.2) is 60.9 Å². The molecule has 0 fully saturated rings. The number of carboxylic acid groups (broad SMARTS) is 1. The van der Waals surface area contributed by atoms with Gasteiger partial charge in [-0.05, 0) is 29.7 Å². The zero-order valence-electron chi connectivity index (χ0n) is 18.5. The van der Waals surface area contributed by atoms with E-state index in [1.807, 2.05) is 54.7 Å². The number of hydrogen-bond donors (Lipinski definition) is 6. The Morgan fingerprint density at radius 2 is 1.41 bits per heavy atom. The minimum absolute atomic E-state index is 0.0319. The highest BCUT2D eigenvalue weighted by molar-refractivity contribution is 5.92. The quantitative estimate of drug-likeness (QED) is 0.213. The molecule has 7 N–H and O–H groups in total. The molecule has 0 unspecified atom stereocenters. The molecule has 0 saturated carbocycles. The summed E-state index contributed by atoms with van der Waals surface area (Å²) in [5.41, 5.74) is 9.86. The number of carbonyl (C=O) groups excluding carboxylic acids is 2. The van der Waals surface area contributed by atoms with Gasteiger partial charge in [-0.25, -0.2) is 0 Å². The zero-order valence-corrected chi connectivity index (χ0v) is 18.5. The predicted molar refractivity (Wildman–Crippen MR) is 129 cm³/mol. The lowest BCUT2D eigenvalue weighted by molar-refractivity contribution is -0.137. The van der Waals surface area contributed by atoms with Crippen molar-refractivity contribution in [1.82, 2.24) is 20.6 Å². The highest BCUT2D eigenvalue weighted by Crippen LogP contribution is 2.20. The third-order valence-corrected chi connectivity index (χ3v) is 5.82. The van der Waals surface area contributed by atoms with E-state index in [0.717, 1.165) is 32.9 Å². The second-order valence-electron chi connectivity index (χ2n) is 8.23. The van der Waals surface area contributed by atoms with Gasteiger partial charge < -0.3 is 31.4 Å². The monoisotopic (exact) mass is 461 g/mol. The number of carboxylic acids is 1. The van der Waals surface area contributed by atoms with Gasteiger partial charge in [0.2, 0.25) is 11.8 Å². The van der Waals surface area contributed by atoms with Crippen molar-refractivity contribution in [3.63, 3.8) is 0 Å². The SMILES string of the molecule is N[C@@H](Cc1c[nH]c2ccccc12)C(=O)N[C@@H](Cc1c[nH]c2ccccc12)C(=O)NCCC(=O)O. The van der Waals surface area contributed by atoms with Gasteiger partial charge in [0.05, 0.1) is 12.5 Å². The van der Waals surface area contributed by atoms with Crippen LogP contribution in [0.2, 0.25) is 0 Å². The maximum absolute atomic E-state index is 13.0. The van der Waals surface area contributed by atoms with E-state index >= 15 is 0 Å². The van der Waals surface area contributed by atoms with Gasteiger partial charge >= 0.3 is 5.97 Å². The average molecular weight is 462 g/mol. The topological polar surface area (TPSA) is 153 Å². The van der Waals surface area contributed by atoms with Gasteiger partial charge in [-0.15, -0.1) is 0 Å². The Morgan fingerprint density at radius 1 is 0.853 bits per heavy atom. The number of para-hydroxylation sites is 2. The molecule has 176 valence electrons. The molecule has 4 rings (SSSR count). The molecule has 0 aliphatic rings. The standard InChI is InChI=1S/C25H27N5O4/c26-19(11-15-13-28-20-7-3-1-5-17(15)20)24(33)30-22(25(34)27-10-9-23(31)32)12-16-14-29-21-8-4-2-6-18(16)21/h1-8,13-14,19,22,28-29H,9-12,26H2,(H,27,34)(H,30,33)(H,31,32)/t19-,22-/m0/s1. The lowest BCUT2D eigenvalue weighted by atomic mass is 10.0. The number of H-pyrrole nitrogens is 2. The van der Waals surface area contributed by atoms with Crippen molar-refractivity contribution < 1.29 is 19.5 Å². The van der Waals surface area contributed by atoms with Crippen molar-refractivity contribution in [2.75, 3.05) is 6.54 Å². The van der Waals surface area contributed by atoms with Crippen molar-refractivity contribution in [3.8, 4) is 0 Å². The number of aromatic nitrogens is 2. The van der Waals surface area contributed by atoms with E-state index in [2.05, 4.69) is 20.6 Å². The summed E-state index contributed by atoms with van der Waals surface area (Å²) in [7, 11) is 0. The van der Waals surface area contributed by atoms with Crippen LogP contribution >= 0.6 is 0 Å². The van der Waals surface area contributed by atoms with Crippen LogP contribution in [0, 0.1) is 0 Å². The highest BCUT2D eigenvalue weighted by atomic mass is 16.4. The molecule has 34 heavy (non-hydrogen) atoms. The lowest BCUT2D eigenvalue weighted by Crippen LogP contribution is -2.53. The van der Waals surface area contributed by atoms with Crippen LogP contribution in [0.25, 0.3) is 21.8 Å². The number of rotatable bonds is 10. The number of aromatic amines is 2. The molecule has 0 radical (unpaired) electrons. The van der Waals surface area contributed by atoms with Gasteiger partial charge in [0, 0.05) is 47.2 Å². The molecular weight excluding hydrogens is 434 g/mol. The molecule has 9 nitrogen and oxygen atoms in total. The molecule has 0 aliphatic heterocycles. The first-order valence-electron chi connectivity index (χ1n) is 11.1. The molecule has 9 heteroatoms. The third kappa shape index (κ3) is 5.26. The Morgan fingerprint density at radius 3 is 2.00 bits per heavy atom. The summed E-state index contributed by atoms with van der Waals surface area (Å²) in [5.74, 6) is -1.93. The predicted octanol–water partition coefficient (Wildman–Crippen LogP) is 1.84. The van der Waals surface area contributed by atoms with E-state index < -0.39 is 29.9 Å². The highest BCUT2D eigenvalue weighted by Gasteiger charge is 2.25. The summed E-state index contributed by atoms with van der Waals surface area (Å²) in [5, 5.41) is 16.2. The smallest absolute Gasteiger partial charge is 0.305 e. The van der Waals surface area contributed by atoms with Crippen LogP contribution in [0.1, 0.15) is 17.5 Å². The van der Waals surface area contributed by atoms with E-state index in [4.69, 9.17) is 10.8 Å². The van der Waals surface area contributed by atoms with Crippen LogP contribution in [-0.2, 0) is 27.2 Å². The first-order chi connectivity index (χ1) is 16.4. The largest absolute Gasteiger partial charge is 0.481 e. The van der Waals surface area contributed by atoms with Crippen LogP contribution in [-0.4, -0.2) is 51.5 Å². The van der Waals surface area contributed by atoms with E-state index in [1.165, 1.54) is 0 Å². The minimum atomic E-state index is -1.02. The Labute approximate surface area is 195 Å². The molecule has 2 atom stereocenters. The number of nitrogens with two attached hydrogens (primary N) is 1. The van der Waals surface area contributed by atoms with Gasteiger partial charge in [-0.1, -0.05) is 36.4 Å². The molecule has 2 aromatic heterocycles. The second kappa shape index (κ2) is 10.2. The molecule has 0 spiro atoms. The van der Waals surface area contributed by atoms with Crippen molar-refractivity contribution in [3.05, 3.63) is 72.1 Å². The molecule has 2 heterocycles. The van der Waals surface area contributed by atoms with Crippen molar-refractivity contribution in [2.45, 2.75) is 31.3 Å². The van der Waals surface area contributed by atoms with Crippen molar-refractivity contribution in [2.24, 2.45) is 5.73 Å². The first-order valence-corrected chi connectivity index (χ1v) is 11.1. The minimum Gasteiger partial charge on any atom is -0.481 e. The fourth-order valence-corrected chi connectivity index (χ4v) is 4.05. The van der Waals surface area contributed by atoms with Gasteiger partial charge in [0.25, 0.3) is 0 Å². The van der Waals surface area contributed by atoms with Gasteiger partial charge in [0.15, 0.2) is 0 Å². The van der Waals surface area contributed by atoms with Crippen LogP contribution in [0.5, 0.6) is 0 Å². The lowest BCUT2D eigenvalue weighted by Gasteiger charge is -2.20. The molecule has 2 amide bonds. The average Bonchev–Trinajstić information content (AvgIpc) is 3.42.